The van der Waals surface area contributed by atoms with Crippen molar-refractivity contribution in [2.24, 2.45) is 0 Å². The highest BCUT2D eigenvalue weighted by molar-refractivity contribution is 6.29. The Kier molecular flexibility index (Phi) is 7.43. The zero-order chi connectivity index (χ0) is 25.6. The summed E-state index contributed by atoms with van der Waals surface area (Å²) in [6.45, 7) is 0. The number of hydrogen-bond acceptors (Lipinski definition) is 5. The molecule has 0 spiro atoms. The molecule has 0 aliphatic rings. The standard InChI is InChI=1S/C14H9BF12O5/c1-30-9(11(16,17)18,12(19,20)21)6-3-7(5-8(4-6)32-15(28)29)10(31-2,13(22,23)24)14(25,26)27/h3-5H,1-2H3/q-2. The molecule has 0 heterocycles. The number of hydrogen-bond donors (Lipinski definition) is 0. The molecule has 0 atom stereocenters. The summed E-state index contributed by atoms with van der Waals surface area (Å²) in [6, 6.07) is -1.57. The van der Waals surface area contributed by atoms with E-state index in [4.69, 9.17) is 0 Å². The van der Waals surface area contributed by atoms with Crippen LogP contribution in [0.2, 0.25) is 0 Å². The summed E-state index contributed by atoms with van der Waals surface area (Å²) in [5, 5.41) is 21.2. The Hall–Kier alpha value is -1.92. The first-order valence-corrected chi connectivity index (χ1v) is 7.64. The van der Waals surface area contributed by atoms with E-state index in [9.17, 15) is 62.7 Å². The Balaban J connectivity index is 4.23. The first-order chi connectivity index (χ1) is 14.1. The van der Waals surface area contributed by atoms with Gasteiger partial charge in [0.05, 0.1) is 5.75 Å². The Morgan fingerprint density at radius 1 is 0.594 bits per heavy atom. The fourth-order valence-electron chi connectivity index (χ4n) is 2.86. The SMILES string of the molecule is COC(c1cc(OB([O-])[O-])cc(C(OC)(C(F)(F)F)C(F)(F)F)c1)(C(F)(F)F)C(F)(F)F. The number of halogens is 12. The second kappa shape index (κ2) is 8.46. The molecule has 0 aromatic heterocycles. The number of rotatable bonds is 6. The molecule has 0 unspecified atom stereocenters. The maximum Gasteiger partial charge on any atom is 0.430 e. The Bertz CT molecular complexity index is 713. The molecular weight excluding hydrogens is 487 g/mol. The Morgan fingerprint density at radius 3 is 1.06 bits per heavy atom. The monoisotopic (exact) mass is 496 g/mol. The lowest BCUT2D eigenvalue weighted by Gasteiger charge is -2.40. The van der Waals surface area contributed by atoms with E-state index in [0.29, 0.717) is 0 Å². The third kappa shape index (κ3) is 4.44. The van der Waals surface area contributed by atoms with Crippen molar-refractivity contribution < 1.29 is 76.9 Å². The van der Waals surface area contributed by atoms with E-state index in [1.165, 1.54) is 0 Å². The lowest BCUT2D eigenvalue weighted by molar-refractivity contribution is -0.385. The van der Waals surface area contributed by atoms with Crippen LogP contribution in [0.3, 0.4) is 0 Å². The third-order valence-corrected chi connectivity index (χ3v) is 4.16. The van der Waals surface area contributed by atoms with Crippen molar-refractivity contribution in [1.82, 2.24) is 0 Å². The molecule has 0 aliphatic carbocycles. The predicted molar refractivity (Wildman–Crippen MR) is 74.4 cm³/mol. The van der Waals surface area contributed by atoms with Crippen LogP contribution in [0.4, 0.5) is 52.7 Å². The molecule has 0 amide bonds. The van der Waals surface area contributed by atoms with Gasteiger partial charge in [-0.2, -0.15) is 52.7 Å². The summed E-state index contributed by atoms with van der Waals surface area (Å²) in [5.41, 5.74) is -15.8. The molecular formula is C14H9BF12O5-2. The predicted octanol–water partition coefficient (Wildman–Crippen LogP) is 2.70. The molecule has 1 rings (SSSR count). The summed E-state index contributed by atoms with van der Waals surface area (Å²) in [4.78, 5) is 0. The average Bonchev–Trinajstić information content (AvgIpc) is 2.50. The highest BCUT2D eigenvalue weighted by Gasteiger charge is 2.75. The summed E-state index contributed by atoms with van der Waals surface area (Å²) in [6.07, 6.45) is -26.0. The summed E-state index contributed by atoms with van der Waals surface area (Å²) >= 11 is 0. The van der Waals surface area contributed by atoms with Gasteiger partial charge in [-0.1, -0.05) is 0 Å². The fourth-order valence-corrected chi connectivity index (χ4v) is 2.86. The van der Waals surface area contributed by atoms with Crippen LogP contribution in [-0.4, -0.2) is 46.2 Å². The Morgan fingerprint density at radius 2 is 0.875 bits per heavy atom. The fraction of sp³-hybridized carbons (Fsp3) is 0.571. The van der Waals surface area contributed by atoms with Gasteiger partial charge in [-0.15, -0.1) is 0 Å². The van der Waals surface area contributed by atoms with Crippen LogP contribution in [0.5, 0.6) is 5.75 Å². The number of benzene rings is 1. The molecule has 5 nitrogen and oxygen atoms in total. The van der Waals surface area contributed by atoms with Crippen molar-refractivity contribution in [1.29, 1.82) is 0 Å². The van der Waals surface area contributed by atoms with Gasteiger partial charge in [0, 0.05) is 25.3 Å². The van der Waals surface area contributed by atoms with E-state index < -0.39 is 78.3 Å². The van der Waals surface area contributed by atoms with Gasteiger partial charge in [-0.25, -0.2) is 0 Å². The van der Waals surface area contributed by atoms with E-state index in [0.717, 1.165) is 0 Å². The minimum atomic E-state index is -6.50. The number of alkyl halides is 12. The van der Waals surface area contributed by atoms with Crippen LogP contribution in [0.25, 0.3) is 0 Å². The zero-order valence-corrected chi connectivity index (χ0v) is 15.4. The van der Waals surface area contributed by atoms with E-state index in [1.807, 2.05) is 0 Å². The van der Waals surface area contributed by atoms with Crippen LogP contribution in [0.1, 0.15) is 11.1 Å². The minimum Gasteiger partial charge on any atom is -0.860 e. The molecule has 0 fully saturated rings. The van der Waals surface area contributed by atoms with Crippen LogP contribution in [-0.2, 0) is 20.7 Å². The van der Waals surface area contributed by atoms with Gasteiger partial charge in [-0.3, -0.25) is 0 Å². The van der Waals surface area contributed by atoms with E-state index in [2.05, 4.69) is 14.1 Å². The van der Waals surface area contributed by atoms with Gasteiger partial charge in [0.1, 0.15) is 7.32 Å². The molecule has 0 saturated carbocycles. The topological polar surface area (TPSA) is 73.8 Å². The van der Waals surface area contributed by atoms with Crippen LogP contribution < -0.4 is 14.7 Å². The van der Waals surface area contributed by atoms with Gasteiger partial charge in [0.2, 0.25) is 0 Å². The lowest BCUT2D eigenvalue weighted by atomic mass is 9.84. The second-order valence-electron chi connectivity index (χ2n) is 5.91. The molecule has 0 N–H and O–H groups in total. The largest absolute Gasteiger partial charge is 0.860 e. The van der Waals surface area contributed by atoms with Gasteiger partial charge < -0.3 is 24.2 Å². The molecule has 1 aromatic rings. The number of methoxy groups -OCH3 is 2. The quantitative estimate of drug-likeness (QED) is 0.448. The highest BCUT2D eigenvalue weighted by Crippen LogP contribution is 2.57. The molecule has 32 heavy (non-hydrogen) atoms. The van der Waals surface area contributed by atoms with E-state index in [1.54, 1.807) is 0 Å². The van der Waals surface area contributed by atoms with Crippen molar-refractivity contribution >= 4 is 7.32 Å². The molecule has 1 aromatic carbocycles. The van der Waals surface area contributed by atoms with Crippen molar-refractivity contribution in [2.75, 3.05) is 14.2 Å². The van der Waals surface area contributed by atoms with Gasteiger partial charge in [-0.05, 0) is 18.2 Å². The van der Waals surface area contributed by atoms with Gasteiger partial charge >= 0.3 is 24.7 Å². The van der Waals surface area contributed by atoms with Crippen LogP contribution in [0.15, 0.2) is 18.2 Å². The zero-order valence-electron chi connectivity index (χ0n) is 15.4. The highest BCUT2D eigenvalue weighted by atomic mass is 19.4. The molecule has 184 valence electrons. The van der Waals surface area contributed by atoms with Gasteiger partial charge in [0.25, 0.3) is 11.2 Å². The summed E-state index contributed by atoms with van der Waals surface area (Å²) in [5.74, 6) is -1.77. The third-order valence-electron chi connectivity index (χ3n) is 4.16. The van der Waals surface area contributed by atoms with Gasteiger partial charge in [0.15, 0.2) is 0 Å². The summed E-state index contributed by atoms with van der Waals surface area (Å²) < 4.78 is 172. The number of ether oxygens (including phenoxy) is 2. The van der Waals surface area contributed by atoms with Crippen LogP contribution >= 0.6 is 0 Å². The Labute approximate surface area is 170 Å². The van der Waals surface area contributed by atoms with Crippen molar-refractivity contribution in [3.63, 3.8) is 0 Å². The van der Waals surface area contributed by atoms with Crippen molar-refractivity contribution in [3.8, 4) is 5.75 Å². The van der Waals surface area contributed by atoms with Crippen LogP contribution in [0, 0.1) is 0 Å². The normalized spacial score (nSPS) is 14.5. The molecule has 0 radical (unpaired) electrons. The van der Waals surface area contributed by atoms with Crippen molar-refractivity contribution in [3.05, 3.63) is 29.3 Å². The van der Waals surface area contributed by atoms with E-state index in [-0.39, 0.29) is 14.2 Å². The summed E-state index contributed by atoms with van der Waals surface area (Å²) in [7, 11) is -3.90. The first kappa shape index (κ1) is 28.1. The maximum absolute atomic E-state index is 13.4. The molecule has 0 bridgehead atoms. The first-order valence-electron chi connectivity index (χ1n) is 7.64. The second-order valence-corrected chi connectivity index (χ2v) is 5.91. The maximum atomic E-state index is 13.4. The van der Waals surface area contributed by atoms with Crippen molar-refractivity contribution in [2.45, 2.75) is 35.9 Å². The molecule has 0 saturated heterocycles. The lowest BCUT2D eigenvalue weighted by Crippen LogP contribution is -2.57. The average molecular weight is 496 g/mol. The minimum absolute atomic E-state index is 0.171. The smallest absolute Gasteiger partial charge is 0.430 e. The van der Waals surface area contributed by atoms with E-state index >= 15 is 0 Å². The molecule has 18 heteroatoms. The molecule has 0 aliphatic heterocycles.